The Morgan fingerprint density at radius 2 is 1.11 bits per heavy atom. The van der Waals surface area contributed by atoms with Crippen molar-refractivity contribution in [3.05, 3.63) is 121 Å². The molecule has 0 aliphatic heterocycles. The summed E-state index contributed by atoms with van der Waals surface area (Å²) in [4.78, 5) is 17.2. The van der Waals surface area contributed by atoms with Gasteiger partial charge in [0.1, 0.15) is 0 Å². The number of carbonyl (C=O) groups excluding carboxylic acids is 1. The van der Waals surface area contributed by atoms with E-state index in [9.17, 15) is 4.79 Å². The van der Waals surface area contributed by atoms with Crippen LogP contribution in [0.15, 0.2) is 116 Å². The standard InChI is InChI=1S/C6H5NO2.3C6H5.Sn/c8-6(9)5-2-1-3-7-4-5;3*1-2-4-6-5-3-1;/h1-4H,(H,8,9);3*1-5H;/q;;;;+1/p-1. The van der Waals surface area contributed by atoms with E-state index in [0.717, 1.165) is 10.7 Å². The van der Waals surface area contributed by atoms with Gasteiger partial charge in [0.15, 0.2) is 0 Å². The Labute approximate surface area is 169 Å². The second-order valence-corrected chi connectivity index (χ2v) is 15.8. The number of carbonyl (C=O) groups is 1. The van der Waals surface area contributed by atoms with E-state index in [0.29, 0.717) is 5.56 Å². The zero-order valence-corrected chi connectivity index (χ0v) is 18.1. The molecule has 0 spiro atoms. The van der Waals surface area contributed by atoms with Gasteiger partial charge in [-0.3, -0.25) is 0 Å². The molecule has 136 valence electrons. The molecule has 0 bridgehead atoms. The van der Waals surface area contributed by atoms with Gasteiger partial charge in [0.25, 0.3) is 0 Å². The third kappa shape index (κ3) is 3.58. The molecule has 0 saturated carbocycles. The molecule has 28 heavy (non-hydrogen) atoms. The van der Waals surface area contributed by atoms with Crippen LogP contribution in [0.25, 0.3) is 0 Å². The maximum absolute atomic E-state index is 13.2. The van der Waals surface area contributed by atoms with E-state index < -0.39 is 18.8 Å². The van der Waals surface area contributed by atoms with Crippen LogP contribution < -0.4 is 10.7 Å². The molecule has 1 heterocycles. The second kappa shape index (κ2) is 8.40. The summed E-state index contributed by atoms with van der Waals surface area (Å²) in [6.45, 7) is 0. The molecule has 0 N–H and O–H groups in total. The van der Waals surface area contributed by atoms with Gasteiger partial charge in [0.05, 0.1) is 0 Å². The molecule has 0 radical (unpaired) electrons. The maximum atomic E-state index is 13.2. The monoisotopic (exact) mass is 473 g/mol. The molecule has 4 rings (SSSR count). The Bertz CT molecular complexity index is 942. The van der Waals surface area contributed by atoms with E-state index >= 15 is 0 Å². The number of hydrogen-bond donors (Lipinski definition) is 0. The number of benzene rings is 3. The first kappa shape index (κ1) is 18.4. The third-order valence-corrected chi connectivity index (χ3v) is 15.9. The van der Waals surface area contributed by atoms with E-state index in [1.807, 2.05) is 54.6 Å². The van der Waals surface area contributed by atoms with Crippen molar-refractivity contribution in [1.29, 1.82) is 0 Å². The topological polar surface area (TPSA) is 39.2 Å². The van der Waals surface area contributed by atoms with Crippen LogP contribution >= 0.6 is 0 Å². The number of rotatable bonds is 5. The van der Waals surface area contributed by atoms with Gasteiger partial charge >= 0.3 is 169 Å². The number of nitrogens with zero attached hydrogens (tertiary/aromatic N) is 1. The Kier molecular flexibility index (Phi) is 5.53. The molecular formula is C24H19NO2Sn. The van der Waals surface area contributed by atoms with Crippen molar-refractivity contribution in [2.45, 2.75) is 0 Å². The SMILES string of the molecule is O=C([O][Sn]([c]1ccccc1)([c]1ccccc1)[c]1ccccc1)c1cccnc1. The first-order chi connectivity index (χ1) is 13.8. The predicted octanol–water partition coefficient (Wildman–Crippen LogP) is 2.91. The summed E-state index contributed by atoms with van der Waals surface area (Å²) in [7, 11) is 0. The molecule has 0 atom stereocenters. The van der Waals surface area contributed by atoms with Crippen LogP contribution in [0.5, 0.6) is 0 Å². The van der Waals surface area contributed by atoms with E-state index in [4.69, 9.17) is 3.07 Å². The zero-order valence-electron chi connectivity index (χ0n) is 15.2. The van der Waals surface area contributed by atoms with Crippen molar-refractivity contribution in [2.75, 3.05) is 0 Å². The molecule has 0 amide bonds. The zero-order chi connectivity index (χ0) is 19.2. The van der Waals surface area contributed by atoms with Gasteiger partial charge in [-0.1, -0.05) is 0 Å². The molecular weight excluding hydrogens is 453 g/mol. The fourth-order valence-electron chi connectivity index (χ4n) is 3.38. The van der Waals surface area contributed by atoms with E-state index in [2.05, 4.69) is 41.4 Å². The van der Waals surface area contributed by atoms with Crippen LogP contribution in [-0.4, -0.2) is 29.7 Å². The summed E-state index contributed by atoms with van der Waals surface area (Å²) in [5.41, 5.74) is 0.464. The average Bonchev–Trinajstić information content (AvgIpc) is 2.80. The summed E-state index contributed by atoms with van der Waals surface area (Å²) in [6, 6.07) is 33.9. The Hall–Kier alpha value is -2.92. The third-order valence-electron chi connectivity index (χ3n) is 4.68. The Morgan fingerprint density at radius 3 is 1.50 bits per heavy atom. The average molecular weight is 472 g/mol. The molecule has 3 aromatic carbocycles. The molecule has 0 saturated heterocycles. The summed E-state index contributed by atoms with van der Waals surface area (Å²) in [6.07, 6.45) is 3.21. The Morgan fingerprint density at radius 1 is 0.643 bits per heavy atom. The Balaban J connectivity index is 1.95. The van der Waals surface area contributed by atoms with Gasteiger partial charge in [-0.25, -0.2) is 0 Å². The van der Waals surface area contributed by atoms with Crippen molar-refractivity contribution >= 4 is 35.5 Å². The van der Waals surface area contributed by atoms with Crippen molar-refractivity contribution < 1.29 is 7.87 Å². The summed E-state index contributed by atoms with van der Waals surface area (Å²) < 4.78 is 9.78. The predicted molar refractivity (Wildman–Crippen MR) is 114 cm³/mol. The molecule has 4 aromatic rings. The van der Waals surface area contributed by atoms with Crippen LogP contribution in [0.3, 0.4) is 0 Å². The first-order valence-corrected chi connectivity index (χ1v) is 14.6. The quantitative estimate of drug-likeness (QED) is 0.420. The van der Waals surface area contributed by atoms with Crippen molar-refractivity contribution in [3.8, 4) is 0 Å². The van der Waals surface area contributed by atoms with Crippen molar-refractivity contribution in [1.82, 2.24) is 4.98 Å². The van der Waals surface area contributed by atoms with E-state index in [-0.39, 0.29) is 5.97 Å². The normalized spacial score (nSPS) is 11.0. The van der Waals surface area contributed by atoms with Crippen LogP contribution in [0.1, 0.15) is 10.4 Å². The summed E-state index contributed by atoms with van der Waals surface area (Å²) in [5, 5.41) is 0. The minimum absolute atomic E-state index is 0.333. The van der Waals surface area contributed by atoms with Gasteiger partial charge in [0.2, 0.25) is 0 Å². The van der Waals surface area contributed by atoms with Crippen LogP contribution in [0.2, 0.25) is 0 Å². The van der Waals surface area contributed by atoms with E-state index in [1.165, 1.54) is 0 Å². The number of hydrogen-bond acceptors (Lipinski definition) is 3. The summed E-state index contributed by atoms with van der Waals surface area (Å²) in [5.74, 6) is -0.333. The number of pyridine rings is 1. The van der Waals surface area contributed by atoms with Gasteiger partial charge in [-0.2, -0.15) is 0 Å². The molecule has 3 nitrogen and oxygen atoms in total. The fourth-order valence-corrected chi connectivity index (χ4v) is 14.0. The van der Waals surface area contributed by atoms with Crippen LogP contribution in [-0.2, 0) is 3.07 Å². The molecule has 1 aromatic heterocycles. The van der Waals surface area contributed by atoms with Gasteiger partial charge in [-0.15, -0.1) is 0 Å². The molecule has 0 aliphatic carbocycles. The second-order valence-electron chi connectivity index (χ2n) is 6.41. The van der Waals surface area contributed by atoms with Gasteiger partial charge in [0, 0.05) is 0 Å². The minimum atomic E-state index is -4.06. The van der Waals surface area contributed by atoms with Crippen LogP contribution in [0.4, 0.5) is 0 Å². The van der Waals surface area contributed by atoms with E-state index in [1.54, 1.807) is 24.5 Å². The van der Waals surface area contributed by atoms with Crippen LogP contribution in [0, 0.1) is 0 Å². The van der Waals surface area contributed by atoms with Gasteiger partial charge < -0.3 is 0 Å². The van der Waals surface area contributed by atoms with Gasteiger partial charge in [-0.05, 0) is 0 Å². The fraction of sp³-hybridized carbons (Fsp3) is 0. The van der Waals surface area contributed by atoms with Crippen molar-refractivity contribution in [2.24, 2.45) is 0 Å². The molecule has 0 fully saturated rings. The summed E-state index contributed by atoms with van der Waals surface area (Å²) >= 11 is -4.06. The molecule has 0 aliphatic rings. The molecule has 4 heteroatoms. The molecule has 0 unspecified atom stereocenters. The van der Waals surface area contributed by atoms with Crippen molar-refractivity contribution in [3.63, 3.8) is 0 Å². The first-order valence-electron chi connectivity index (χ1n) is 9.10. The number of aromatic nitrogens is 1.